The predicted octanol–water partition coefficient (Wildman–Crippen LogP) is 2.48. The number of likely N-dealkylation sites (tertiary alicyclic amines) is 1. The highest BCUT2D eigenvalue weighted by molar-refractivity contribution is 5.81. The van der Waals surface area contributed by atoms with Gasteiger partial charge < -0.3 is 14.6 Å². The third-order valence-corrected chi connectivity index (χ3v) is 7.22. The highest BCUT2D eigenvalue weighted by Gasteiger charge is 2.53. The maximum Gasteiger partial charge on any atom is 0.225 e. The van der Waals surface area contributed by atoms with Crippen molar-refractivity contribution in [3.8, 4) is 0 Å². The number of hydrogen-bond acceptors (Lipinski definition) is 3. The average molecular weight is 343 g/mol. The second-order valence-electron chi connectivity index (χ2n) is 9.46. The largest absolute Gasteiger partial charge is 0.390 e. The number of rotatable bonds is 2. The van der Waals surface area contributed by atoms with E-state index in [-0.39, 0.29) is 11.8 Å². The first-order chi connectivity index (χ1) is 11.9. The summed E-state index contributed by atoms with van der Waals surface area (Å²) in [5.74, 6) is 0.931. The summed E-state index contributed by atoms with van der Waals surface area (Å²) in [5, 5.41) is 9.87. The lowest BCUT2D eigenvalue weighted by Gasteiger charge is -2.52. The lowest BCUT2D eigenvalue weighted by molar-refractivity contribution is -0.161. The number of carbonyl (C=O) groups is 1. The number of carbonyl (C=O) groups excluding carboxylic acids is 1. The zero-order valence-electron chi connectivity index (χ0n) is 15.2. The molecule has 0 aromatic carbocycles. The molecule has 5 nitrogen and oxygen atoms in total. The summed E-state index contributed by atoms with van der Waals surface area (Å²) in [6.07, 6.45) is 10.7. The number of aryl methyl sites for hydroxylation is 1. The molecule has 1 atom stereocenters. The Labute approximate surface area is 149 Å². The number of hydrogen-bond donors (Lipinski definition) is 1. The van der Waals surface area contributed by atoms with Gasteiger partial charge in [-0.1, -0.05) is 0 Å². The molecule has 1 spiro atoms. The molecule has 1 N–H and O–H groups in total. The van der Waals surface area contributed by atoms with Gasteiger partial charge in [-0.15, -0.1) is 0 Å². The Morgan fingerprint density at radius 1 is 1.28 bits per heavy atom. The van der Waals surface area contributed by atoms with E-state index in [4.69, 9.17) is 4.98 Å². The summed E-state index contributed by atoms with van der Waals surface area (Å²) in [6, 6.07) is 0. The molecule has 4 aliphatic rings. The molecule has 1 saturated heterocycles. The van der Waals surface area contributed by atoms with Gasteiger partial charge in [-0.25, -0.2) is 4.98 Å². The van der Waals surface area contributed by atoms with Crippen LogP contribution in [0.1, 0.15) is 69.2 Å². The van der Waals surface area contributed by atoms with Crippen LogP contribution in [0.25, 0.3) is 0 Å². The minimum atomic E-state index is -0.610. The molecular weight excluding hydrogens is 314 g/mol. The number of amides is 1. The molecule has 2 aliphatic carbocycles. The lowest BCUT2D eigenvalue weighted by atomic mass is 9.69. The van der Waals surface area contributed by atoms with Crippen molar-refractivity contribution in [2.75, 3.05) is 13.1 Å². The van der Waals surface area contributed by atoms with Crippen molar-refractivity contribution in [3.05, 3.63) is 17.7 Å². The van der Waals surface area contributed by atoms with Crippen LogP contribution in [-0.4, -0.2) is 44.2 Å². The zero-order chi connectivity index (χ0) is 17.2. The lowest BCUT2D eigenvalue weighted by Crippen LogP contribution is -2.61. The molecule has 0 radical (unpaired) electrons. The molecule has 2 aliphatic heterocycles. The van der Waals surface area contributed by atoms with Crippen molar-refractivity contribution >= 4 is 5.91 Å². The Kier molecular flexibility index (Phi) is 3.38. The van der Waals surface area contributed by atoms with E-state index in [1.54, 1.807) is 0 Å². The van der Waals surface area contributed by atoms with Gasteiger partial charge in [-0.2, -0.15) is 0 Å². The molecule has 3 fully saturated rings. The fraction of sp³-hybridized carbons (Fsp3) is 0.800. The normalized spacial score (nSPS) is 36.0. The van der Waals surface area contributed by atoms with E-state index in [1.807, 2.05) is 18.2 Å². The predicted molar refractivity (Wildman–Crippen MR) is 94.1 cm³/mol. The van der Waals surface area contributed by atoms with Gasteiger partial charge in [0.2, 0.25) is 5.91 Å². The second kappa shape index (κ2) is 5.32. The Morgan fingerprint density at radius 3 is 2.84 bits per heavy atom. The van der Waals surface area contributed by atoms with E-state index in [9.17, 15) is 9.90 Å². The van der Waals surface area contributed by atoms with Crippen molar-refractivity contribution in [1.29, 1.82) is 0 Å². The van der Waals surface area contributed by atoms with E-state index < -0.39 is 5.60 Å². The maximum absolute atomic E-state index is 12.5. The number of aliphatic hydroxyl groups is 1. The summed E-state index contributed by atoms with van der Waals surface area (Å²) in [6.45, 7) is 4.82. The molecule has 5 heteroatoms. The summed E-state index contributed by atoms with van der Waals surface area (Å²) in [5.41, 5.74) is 2.58. The van der Waals surface area contributed by atoms with Crippen molar-refractivity contribution in [1.82, 2.24) is 14.5 Å². The van der Waals surface area contributed by atoms with Gasteiger partial charge in [0.15, 0.2) is 0 Å². The van der Waals surface area contributed by atoms with Gasteiger partial charge in [-0.05, 0) is 58.3 Å². The third kappa shape index (κ3) is 2.54. The number of aromatic nitrogens is 2. The molecular formula is C20H29N3O2. The fourth-order valence-corrected chi connectivity index (χ4v) is 5.89. The first-order valence-corrected chi connectivity index (χ1v) is 10.00. The molecule has 3 heterocycles. The van der Waals surface area contributed by atoms with Crippen LogP contribution >= 0.6 is 0 Å². The monoisotopic (exact) mass is 343 g/mol. The number of fused-ring (bicyclic) bond motifs is 1. The Hall–Kier alpha value is -1.36. The summed E-state index contributed by atoms with van der Waals surface area (Å²) < 4.78 is 2.36. The van der Waals surface area contributed by atoms with Gasteiger partial charge in [-0.3, -0.25) is 4.79 Å². The van der Waals surface area contributed by atoms with Crippen LogP contribution in [0.4, 0.5) is 0 Å². The molecule has 1 aromatic rings. The molecule has 0 bridgehead atoms. The molecule has 1 unspecified atom stereocenters. The van der Waals surface area contributed by atoms with Crippen molar-refractivity contribution < 1.29 is 9.90 Å². The molecule has 1 aromatic heterocycles. The van der Waals surface area contributed by atoms with E-state index in [2.05, 4.69) is 4.57 Å². The van der Waals surface area contributed by atoms with Gasteiger partial charge in [0.1, 0.15) is 0 Å². The highest BCUT2D eigenvalue weighted by atomic mass is 16.3. The SMILES string of the molecule is CC1(O)CC(C(=O)N2CC3(CCC(c4ncn5c4CCCC5)C3)C2)C1. The minimum absolute atomic E-state index is 0.0599. The second-order valence-corrected chi connectivity index (χ2v) is 9.46. The zero-order valence-corrected chi connectivity index (χ0v) is 15.2. The first-order valence-electron chi connectivity index (χ1n) is 10.00. The quantitative estimate of drug-likeness (QED) is 0.897. The Balaban J connectivity index is 1.21. The summed E-state index contributed by atoms with van der Waals surface area (Å²) >= 11 is 0. The summed E-state index contributed by atoms with van der Waals surface area (Å²) in [7, 11) is 0. The highest BCUT2D eigenvalue weighted by Crippen LogP contribution is 2.53. The first kappa shape index (κ1) is 15.9. The number of imidazole rings is 1. The molecule has 5 rings (SSSR count). The van der Waals surface area contributed by atoms with Crippen LogP contribution in [-0.2, 0) is 17.8 Å². The Bertz CT molecular complexity index is 694. The third-order valence-electron chi connectivity index (χ3n) is 7.22. The van der Waals surface area contributed by atoms with Crippen LogP contribution in [0.15, 0.2) is 6.33 Å². The van der Waals surface area contributed by atoms with Crippen molar-refractivity contribution in [2.24, 2.45) is 11.3 Å². The molecule has 2 saturated carbocycles. The Morgan fingerprint density at radius 2 is 2.08 bits per heavy atom. The number of nitrogens with zero attached hydrogens (tertiary/aromatic N) is 3. The van der Waals surface area contributed by atoms with Crippen LogP contribution in [0.5, 0.6) is 0 Å². The van der Waals surface area contributed by atoms with Crippen molar-refractivity contribution in [2.45, 2.75) is 76.4 Å². The van der Waals surface area contributed by atoms with Crippen LogP contribution in [0.2, 0.25) is 0 Å². The van der Waals surface area contributed by atoms with Crippen LogP contribution < -0.4 is 0 Å². The standard InChI is InChI=1S/C20H29N3O2/c1-19(25)8-15(9-19)18(24)23-11-20(12-23)6-5-14(10-20)17-16-4-2-3-7-22(16)13-21-17/h13-15,25H,2-12H2,1H3. The maximum atomic E-state index is 12.5. The fourth-order valence-electron chi connectivity index (χ4n) is 5.89. The topological polar surface area (TPSA) is 58.4 Å². The van der Waals surface area contributed by atoms with E-state index in [1.165, 1.54) is 49.9 Å². The molecule has 1 amide bonds. The minimum Gasteiger partial charge on any atom is -0.390 e. The van der Waals surface area contributed by atoms with Crippen LogP contribution in [0.3, 0.4) is 0 Å². The smallest absolute Gasteiger partial charge is 0.225 e. The average Bonchev–Trinajstić information content (AvgIpc) is 3.14. The van der Waals surface area contributed by atoms with Crippen LogP contribution in [0, 0.1) is 11.3 Å². The van der Waals surface area contributed by atoms with Gasteiger partial charge in [0.05, 0.1) is 17.6 Å². The van der Waals surface area contributed by atoms with E-state index in [0.717, 1.165) is 19.6 Å². The van der Waals surface area contributed by atoms with Gasteiger partial charge in [0.25, 0.3) is 0 Å². The molecule has 136 valence electrons. The van der Waals surface area contributed by atoms with E-state index in [0.29, 0.717) is 24.2 Å². The summed E-state index contributed by atoms with van der Waals surface area (Å²) in [4.78, 5) is 19.4. The van der Waals surface area contributed by atoms with Crippen molar-refractivity contribution in [3.63, 3.8) is 0 Å². The van der Waals surface area contributed by atoms with Gasteiger partial charge >= 0.3 is 0 Å². The van der Waals surface area contributed by atoms with Gasteiger partial charge in [0, 0.05) is 42.6 Å². The molecule has 25 heavy (non-hydrogen) atoms. The van der Waals surface area contributed by atoms with E-state index >= 15 is 0 Å².